The van der Waals surface area contributed by atoms with Crippen LogP contribution in [-0.4, -0.2) is 33.5 Å². The van der Waals surface area contributed by atoms with Crippen molar-refractivity contribution < 1.29 is 17.9 Å². The molecule has 0 bridgehead atoms. The molecule has 10 heteroatoms. The number of hydrogen-bond donors (Lipinski definition) is 1. The number of carbonyl (C=O) groups is 1. The molecule has 1 N–H and O–H groups in total. The van der Waals surface area contributed by atoms with E-state index in [1.54, 1.807) is 24.3 Å². The Morgan fingerprint density at radius 3 is 2.77 bits per heavy atom. The predicted octanol–water partition coefficient (Wildman–Crippen LogP) is 3.54. The fourth-order valence-electron chi connectivity index (χ4n) is 2.55. The number of nitrogens with one attached hydrogen (secondary N) is 1. The Morgan fingerprint density at radius 2 is 2.12 bits per heavy atom. The SMILES string of the molecule is CCCNC(=O)[C@H]1CN(S(=O)(=O)c2cc(Cl)sc2Cl)c2ccccc2O1. The van der Waals surface area contributed by atoms with E-state index in [0.717, 1.165) is 22.1 Å². The second-order valence-corrected chi connectivity index (χ2v) is 9.71. The Morgan fingerprint density at radius 1 is 1.38 bits per heavy atom. The van der Waals surface area contributed by atoms with Gasteiger partial charge in [-0.3, -0.25) is 9.10 Å². The van der Waals surface area contributed by atoms with Crippen molar-refractivity contribution in [1.82, 2.24) is 5.32 Å². The molecule has 26 heavy (non-hydrogen) atoms. The van der Waals surface area contributed by atoms with Gasteiger partial charge in [0.15, 0.2) is 6.10 Å². The van der Waals surface area contributed by atoms with Crippen LogP contribution in [0, 0.1) is 0 Å². The van der Waals surface area contributed by atoms with Gasteiger partial charge in [-0.05, 0) is 24.6 Å². The molecule has 140 valence electrons. The summed E-state index contributed by atoms with van der Waals surface area (Å²) in [6.07, 6.45) is -0.195. The molecule has 0 spiro atoms. The maximum Gasteiger partial charge on any atom is 0.266 e. The smallest absolute Gasteiger partial charge is 0.266 e. The number of benzene rings is 1. The zero-order chi connectivity index (χ0) is 18.9. The number of amides is 1. The molecule has 1 aliphatic rings. The van der Waals surface area contributed by atoms with Gasteiger partial charge < -0.3 is 10.1 Å². The summed E-state index contributed by atoms with van der Waals surface area (Å²) >= 11 is 12.9. The van der Waals surface area contributed by atoms with Crippen molar-refractivity contribution in [3.63, 3.8) is 0 Å². The van der Waals surface area contributed by atoms with Crippen LogP contribution in [0.15, 0.2) is 35.2 Å². The van der Waals surface area contributed by atoms with Gasteiger partial charge in [0.05, 0.1) is 16.6 Å². The molecular weight excluding hydrogens is 419 g/mol. The minimum atomic E-state index is -4.00. The van der Waals surface area contributed by atoms with Crippen LogP contribution in [0.5, 0.6) is 5.75 Å². The summed E-state index contributed by atoms with van der Waals surface area (Å²) in [6.45, 7) is 2.26. The number of carbonyl (C=O) groups excluding carboxylic acids is 1. The fourth-order valence-corrected chi connectivity index (χ4v) is 6.14. The normalized spacial score (nSPS) is 16.7. The number of fused-ring (bicyclic) bond motifs is 1. The van der Waals surface area contributed by atoms with E-state index in [1.165, 1.54) is 6.07 Å². The van der Waals surface area contributed by atoms with Gasteiger partial charge in [0, 0.05) is 6.54 Å². The second-order valence-electron chi connectivity index (χ2n) is 5.59. The van der Waals surface area contributed by atoms with E-state index >= 15 is 0 Å². The minimum Gasteiger partial charge on any atom is -0.476 e. The van der Waals surface area contributed by atoms with Gasteiger partial charge in [0.2, 0.25) is 0 Å². The number of para-hydroxylation sites is 2. The largest absolute Gasteiger partial charge is 0.476 e. The maximum absolute atomic E-state index is 13.2. The number of anilines is 1. The van der Waals surface area contributed by atoms with Crippen LogP contribution in [-0.2, 0) is 14.8 Å². The minimum absolute atomic E-state index is 0.0750. The number of sulfonamides is 1. The number of thiophene rings is 1. The van der Waals surface area contributed by atoms with Crippen molar-refractivity contribution >= 4 is 56.2 Å². The topological polar surface area (TPSA) is 75.7 Å². The molecule has 0 fully saturated rings. The van der Waals surface area contributed by atoms with E-state index in [0.29, 0.717) is 18.0 Å². The predicted molar refractivity (Wildman–Crippen MR) is 103 cm³/mol. The average molecular weight is 435 g/mol. The molecular formula is C16H16Cl2N2O4S2. The first-order valence-electron chi connectivity index (χ1n) is 7.85. The molecule has 0 unspecified atom stereocenters. The van der Waals surface area contributed by atoms with Crippen LogP contribution in [0.1, 0.15) is 13.3 Å². The molecule has 6 nitrogen and oxygen atoms in total. The maximum atomic E-state index is 13.2. The van der Waals surface area contributed by atoms with Crippen LogP contribution >= 0.6 is 34.5 Å². The lowest BCUT2D eigenvalue weighted by Gasteiger charge is -2.34. The molecule has 0 radical (unpaired) electrons. The van der Waals surface area contributed by atoms with Crippen molar-refractivity contribution in [2.45, 2.75) is 24.3 Å². The van der Waals surface area contributed by atoms with Crippen molar-refractivity contribution in [2.24, 2.45) is 0 Å². The van der Waals surface area contributed by atoms with Crippen molar-refractivity contribution in [1.29, 1.82) is 0 Å². The summed E-state index contributed by atoms with van der Waals surface area (Å²) in [5.74, 6) is -0.0487. The Hall–Kier alpha value is -1.48. The molecule has 1 amide bonds. The summed E-state index contributed by atoms with van der Waals surface area (Å²) < 4.78 is 33.5. The van der Waals surface area contributed by atoms with Gasteiger partial charge in [-0.1, -0.05) is 42.3 Å². The zero-order valence-corrected chi connectivity index (χ0v) is 16.9. The molecule has 1 aliphatic heterocycles. The van der Waals surface area contributed by atoms with Crippen molar-refractivity contribution in [3.8, 4) is 5.75 Å². The van der Waals surface area contributed by atoms with E-state index in [2.05, 4.69) is 5.32 Å². The zero-order valence-electron chi connectivity index (χ0n) is 13.7. The Labute approximate surface area is 165 Å². The van der Waals surface area contributed by atoms with Crippen LogP contribution in [0.4, 0.5) is 5.69 Å². The van der Waals surface area contributed by atoms with E-state index in [-0.39, 0.29) is 26.0 Å². The molecule has 2 aromatic rings. The number of halogens is 2. The summed E-state index contributed by atoms with van der Waals surface area (Å²) in [5.41, 5.74) is 0.352. The van der Waals surface area contributed by atoms with Crippen LogP contribution in [0.3, 0.4) is 0 Å². The molecule has 1 aromatic heterocycles. The molecule has 1 atom stereocenters. The monoisotopic (exact) mass is 434 g/mol. The summed E-state index contributed by atoms with van der Waals surface area (Å²) in [4.78, 5) is 12.3. The van der Waals surface area contributed by atoms with E-state index in [4.69, 9.17) is 27.9 Å². The van der Waals surface area contributed by atoms with Gasteiger partial charge in [-0.15, -0.1) is 11.3 Å². The van der Waals surface area contributed by atoms with Crippen LogP contribution < -0.4 is 14.4 Å². The van der Waals surface area contributed by atoms with Gasteiger partial charge in [0.1, 0.15) is 15.0 Å². The lowest BCUT2D eigenvalue weighted by Crippen LogP contribution is -2.50. The second kappa shape index (κ2) is 7.64. The highest BCUT2D eigenvalue weighted by Gasteiger charge is 2.38. The number of rotatable bonds is 5. The lowest BCUT2D eigenvalue weighted by atomic mass is 10.2. The third-order valence-corrected chi connectivity index (χ3v) is 7.30. The van der Waals surface area contributed by atoms with Crippen molar-refractivity contribution in [2.75, 3.05) is 17.4 Å². The Kier molecular flexibility index (Phi) is 5.67. The van der Waals surface area contributed by atoms with E-state index in [1.807, 2.05) is 6.92 Å². The summed E-state index contributed by atoms with van der Waals surface area (Å²) in [5, 5.41) is 2.73. The number of ether oxygens (including phenoxy) is 1. The lowest BCUT2D eigenvalue weighted by molar-refractivity contribution is -0.127. The molecule has 0 aliphatic carbocycles. The number of hydrogen-bond acceptors (Lipinski definition) is 5. The van der Waals surface area contributed by atoms with Crippen LogP contribution in [0.2, 0.25) is 8.67 Å². The molecule has 0 saturated carbocycles. The van der Waals surface area contributed by atoms with Crippen molar-refractivity contribution in [3.05, 3.63) is 39.0 Å². The van der Waals surface area contributed by atoms with Gasteiger partial charge >= 0.3 is 0 Å². The standard InChI is InChI=1S/C16H16Cl2N2O4S2/c1-2-7-19-16(21)12-9-20(10-5-3-4-6-11(10)24-12)26(22,23)13-8-14(17)25-15(13)18/h3-6,8,12H,2,7,9H2,1H3,(H,19,21)/t12-/m1/s1. The first kappa shape index (κ1) is 19.3. The van der Waals surface area contributed by atoms with E-state index < -0.39 is 16.1 Å². The summed E-state index contributed by atoms with van der Waals surface area (Å²) in [6, 6.07) is 7.97. The highest BCUT2D eigenvalue weighted by molar-refractivity contribution is 7.93. The molecule has 3 rings (SSSR count). The molecule has 0 saturated heterocycles. The molecule has 2 heterocycles. The third-order valence-electron chi connectivity index (χ3n) is 3.77. The summed E-state index contributed by atoms with van der Waals surface area (Å²) in [7, 11) is -4.00. The molecule has 1 aromatic carbocycles. The first-order valence-corrected chi connectivity index (χ1v) is 10.9. The number of nitrogens with zero attached hydrogens (tertiary/aromatic N) is 1. The van der Waals surface area contributed by atoms with Crippen LogP contribution in [0.25, 0.3) is 0 Å². The highest BCUT2D eigenvalue weighted by Crippen LogP contribution is 2.41. The Bertz CT molecular complexity index is 930. The van der Waals surface area contributed by atoms with Gasteiger partial charge in [0.25, 0.3) is 15.9 Å². The fraction of sp³-hybridized carbons (Fsp3) is 0.312. The van der Waals surface area contributed by atoms with Gasteiger partial charge in [-0.25, -0.2) is 8.42 Å². The quantitative estimate of drug-likeness (QED) is 0.780. The Balaban J connectivity index is 2.02. The first-order chi connectivity index (χ1) is 12.3. The average Bonchev–Trinajstić information content (AvgIpc) is 2.97. The highest BCUT2D eigenvalue weighted by atomic mass is 35.5. The van der Waals surface area contributed by atoms with E-state index in [9.17, 15) is 13.2 Å². The third kappa shape index (κ3) is 3.64. The van der Waals surface area contributed by atoms with Gasteiger partial charge in [-0.2, -0.15) is 0 Å².